The molecule has 192 valence electrons. The SMILES string of the molecule is Cc1c(O)c(F)c(Oc2c(F)c(F)c(Oc3c(F)c(O)c([N+](=O)[O-])c(F)c3F)c(F)c2F)c(F)c1F. The van der Waals surface area contributed by atoms with Crippen LogP contribution in [0.4, 0.5) is 49.6 Å². The van der Waals surface area contributed by atoms with Crippen LogP contribution in [0.2, 0.25) is 0 Å². The minimum atomic E-state index is -2.72. The Balaban J connectivity index is 2.18. The maximum absolute atomic E-state index is 14.4. The summed E-state index contributed by atoms with van der Waals surface area (Å²) in [5.41, 5.74) is -3.17. The first-order valence-corrected chi connectivity index (χ1v) is 8.74. The van der Waals surface area contributed by atoms with E-state index in [0.29, 0.717) is 6.92 Å². The fraction of sp³-hybridized carbons (Fsp3) is 0.0526. The minimum absolute atomic E-state index is 0.685. The average molecular weight is 533 g/mol. The molecule has 0 aromatic heterocycles. The van der Waals surface area contributed by atoms with Crippen molar-refractivity contribution in [2.75, 3.05) is 0 Å². The summed E-state index contributed by atoms with van der Waals surface area (Å²) in [5.74, 6) is -37.9. The van der Waals surface area contributed by atoms with Crippen molar-refractivity contribution >= 4 is 5.69 Å². The summed E-state index contributed by atoms with van der Waals surface area (Å²) in [6.07, 6.45) is 0. The van der Waals surface area contributed by atoms with E-state index in [2.05, 4.69) is 9.47 Å². The van der Waals surface area contributed by atoms with Gasteiger partial charge in [-0.1, -0.05) is 0 Å². The van der Waals surface area contributed by atoms with Gasteiger partial charge in [0.2, 0.25) is 81.1 Å². The van der Waals surface area contributed by atoms with Crippen molar-refractivity contribution in [3.05, 3.63) is 73.8 Å². The van der Waals surface area contributed by atoms with Crippen LogP contribution in [0.25, 0.3) is 0 Å². The van der Waals surface area contributed by atoms with Crippen LogP contribution in [-0.4, -0.2) is 15.1 Å². The molecule has 0 spiro atoms. The summed E-state index contributed by atoms with van der Waals surface area (Å²) in [6.45, 7) is 0.685. The highest BCUT2D eigenvalue weighted by Crippen LogP contribution is 2.45. The number of rotatable bonds is 5. The van der Waals surface area contributed by atoms with Gasteiger partial charge < -0.3 is 19.7 Å². The van der Waals surface area contributed by atoms with Crippen LogP contribution in [0.1, 0.15) is 5.56 Å². The lowest BCUT2D eigenvalue weighted by Gasteiger charge is -2.16. The molecule has 0 radical (unpaired) electrons. The molecule has 2 N–H and O–H groups in total. The van der Waals surface area contributed by atoms with Gasteiger partial charge in [0.15, 0.2) is 11.6 Å². The number of halogens is 10. The first-order chi connectivity index (χ1) is 16.6. The summed E-state index contributed by atoms with van der Waals surface area (Å²) in [5, 5.41) is 29.3. The number of hydrogen-bond donors (Lipinski definition) is 2. The van der Waals surface area contributed by atoms with E-state index in [1.165, 1.54) is 0 Å². The Hall–Kier alpha value is -4.44. The minimum Gasteiger partial charge on any atom is -0.504 e. The van der Waals surface area contributed by atoms with Gasteiger partial charge in [-0.05, 0) is 6.92 Å². The van der Waals surface area contributed by atoms with Crippen LogP contribution >= 0.6 is 0 Å². The fourth-order valence-electron chi connectivity index (χ4n) is 2.67. The third kappa shape index (κ3) is 3.81. The Kier molecular flexibility index (Phi) is 6.52. The third-order valence-corrected chi connectivity index (χ3v) is 4.49. The van der Waals surface area contributed by atoms with Gasteiger partial charge in [-0.3, -0.25) is 10.1 Å². The Bertz CT molecular complexity index is 1380. The first kappa shape index (κ1) is 26.2. The molecule has 0 fully saturated rings. The van der Waals surface area contributed by atoms with Gasteiger partial charge >= 0.3 is 5.69 Å². The highest BCUT2D eigenvalue weighted by Gasteiger charge is 2.37. The zero-order valence-electron chi connectivity index (χ0n) is 16.8. The van der Waals surface area contributed by atoms with Gasteiger partial charge in [-0.2, -0.15) is 39.5 Å². The van der Waals surface area contributed by atoms with Crippen molar-refractivity contribution in [2.45, 2.75) is 6.92 Å². The lowest BCUT2D eigenvalue weighted by atomic mass is 10.1. The summed E-state index contributed by atoms with van der Waals surface area (Å²) >= 11 is 0. The molecular formula is C19H5F10NO6. The summed E-state index contributed by atoms with van der Waals surface area (Å²) < 4.78 is 149. The molecule has 3 aromatic rings. The molecule has 0 bridgehead atoms. The number of ether oxygens (including phenoxy) is 2. The highest BCUT2D eigenvalue weighted by atomic mass is 19.2. The molecule has 0 aliphatic carbocycles. The van der Waals surface area contributed by atoms with Crippen molar-refractivity contribution in [3.63, 3.8) is 0 Å². The largest absolute Gasteiger partial charge is 0.504 e. The second kappa shape index (κ2) is 8.97. The van der Waals surface area contributed by atoms with Gasteiger partial charge in [0.1, 0.15) is 0 Å². The number of phenolic OH excluding ortho intramolecular Hbond substituents is 2. The van der Waals surface area contributed by atoms with E-state index in [0.717, 1.165) is 0 Å². The number of nitrogens with zero attached hydrogens (tertiary/aromatic N) is 1. The molecule has 36 heavy (non-hydrogen) atoms. The molecule has 3 aromatic carbocycles. The summed E-state index contributed by atoms with van der Waals surface area (Å²) in [7, 11) is 0. The molecule has 0 amide bonds. The van der Waals surface area contributed by atoms with Crippen molar-refractivity contribution in [2.24, 2.45) is 0 Å². The Morgan fingerprint density at radius 2 is 0.861 bits per heavy atom. The van der Waals surface area contributed by atoms with Crippen LogP contribution in [0, 0.1) is 75.2 Å². The van der Waals surface area contributed by atoms with E-state index in [-0.39, 0.29) is 0 Å². The maximum atomic E-state index is 14.4. The predicted molar refractivity (Wildman–Crippen MR) is 93.8 cm³/mol. The van der Waals surface area contributed by atoms with Crippen LogP contribution in [0.3, 0.4) is 0 Å². The molecule has 17 heteroatoms. The molecule has 0 atom stereocenters. The average Bonchev–Trinajstić information content (AvgIpc) is 2.83. The van der Waals surface area contributed by atoms with Crippen molar-refractivity contribution < 1.29 is 68.5 Å². The molecule has 7 nitrogen and oxygen atoms in total. The monoisotopic (exact) mass is 533 g/mol. The predicted octanol–water partition coefficient (Wildman–Crippen LogP) is 6.29. The van der Waals surface area contributed by atoms with Crippen LogP contribution in [-0.2, 0) is 0 Å². The van der Waals surface area contributed by atoms with Gasteiger partial charge in [-0.15, -0.1) is 0 Å². The summed E-state index contributed by atoms with van der Waals surface area (Å²) in [4.78, 5) is 8.84. The fourth-order valence-corrected chi connectivity index (χ4v) is 2.67. The third-order valence-electron chi connectivity index (χ3n) is 4.49. The van der Waals surface area contributed by atoms with E-state index in [1.807, 2.05) is 0 Å². The van der Waals surface area contributed by atoms with Gasteiger partial charge in [0, 0.05) is 5.56 Å². The van der Waals surface area contributed by atoms with E-state index in [9.17, 15) is 64.2 Å². The second-order valence-electron chi connectivity index (χ2n) is 6.59. The second-order valence-corrected chi connectivity index (χ2v) is 6.59. The zero-order chi connectivity index (χ0) is 27.4. The van der Waals surface area contributed by atoms with E-state index < -0.39 is 109 Å². The van der Waals surface area contributed by atoms with E-state index in [1.54, 1.807) is 0 Å². The number of aromatic hydroxyl groups is 2. The van der Waals surface area contributed by atoms with Crippen LogP contribution < -0.4 is 9.47 Å². The van der Waals surface area contributed by atoms with Gasteiger partial charge in [-0.25, -0.2) is 4.39 Å². The molecule has 0 saturated carbocycles. The normalized spacial score (nSPS) is 11.1. The Labute approximate surface area is 190 Å². The molecule has 0 aliphatic heterocycles. The van der Waals surface area contributed by atoms with Crippen molar-refractivity contribution in [1.82, 2.24) is 0 Å². The molecule has 0 aliphatic rings. The van der Waals surface area contributed by atoms with Crippen molar-refractivity contribution in [1.29, 1.82) is 0 Å². The molecular weight excluding hydrogens is 528 g/mol. The quantitative estimate of drug-likeness (QED) is 0.173. The summed E-state index contributed by atoms with van der Waals surface area (Å²) in [6, 6.07) is 0. The standard InChI is InChI=1S/C19H5F10NO6/c1-2-3(20)5(22)18(11(28)14(2)31)35-16-7(24)9(26)17(10(27)8(16)25)36-19-6(23)4(21)13(30(33)34)15(32)12(19)29/h31-32H,1H3. The lowest BCUT2D eigenvalue weighted by molar-refractivity contribution is -0.389. The lowest BCUT2D eigenvalue weighted by Crippen LogP contribution is -2.08. The van der Waals surface area contributed by atoms with Gasteiger partial charge in [0.25, 0.3) is 0 Å². The topological polar surface area (TPSA) is 102 Å². The maximum Gasteiger partial charge on any atom is 0.352 e. The zero-order valence-corrected chi connectivity index (χ0v) is 16.8. The van der Waals surface area contributed by atoms with Gasteiger partial charge in [0.05, 0.1) is 4.92 Å². The number of nitro benzene ring substituents is 1. The number of hydrogen-bond acceptors (Lipinski definition) is 6. The smallest absolute Gasteiger partial charge is 0.352 e. The van der Waals surface area contributed by atoms with E-state index in [4.69, 9.17) is 0 Å². The van der Waals surface area contributed by atoms with Crippen LogP contribution in [0.5, 0.6) is 34.5 Å². The van der Waals surface area contributed by atoms with Crippen molar-refractivity contribution in [3.8, 4) is 34.5 Å². The molecule has 0 saturated heterocycles. The van der Waals surface area contributed by atoms with Crippen LogP contribution in [0.15, 0.2) is 0 Å². The molecule has 0 heterocycles. The number of benzene rings is 3. The molecule has 3 rings (SSSR count). The number of phenols is 2. The Morgan fingerprint density at radius 1 is 0.556 bits per heavy atom. The van der Waals surface area contributed by atoms with E-state index >= 15 is 0 Å². The first-order valence-electron chi connectivity index (χ1n) is 8.74. The number of nitro groups is 1. The highest BCUT2D eigenvalue weighted by molar-refractivity contribution is 5.55. The molecule has 0 unspecified atom stereocenters. The Morgan fingerprint density at radius 3 is 1.25 bits per heavy atom.